The highest BCUT2D eigenvalue weighted by Crippen LogP contribution is 2.32. The van der Waals surface area contributed by atoms with Gasteiger partial charge < -0.3 is 15.2 Å². The third-order valence-electron chi connectivity index (χ3n) is 3.87. The molecule has 1 heterocycles. The summed E-state index contributed by atoms with van der Waals surface area (Å²) in [4.78, 5) is 2.18. The minimum atomic E-state index is 0.361. The second-order valence-electron chi connectivity index (χ2n) is 6.06. The molecule has 0 fully saturated rings. The number of phenols is 1. The number of para-hydroxylation sites is 2. The number of thioether (sulfide) groups is 2. The number of fused-ring (bicyclic) bond motifs is 1. The van der Waals surface area contributed by atoms with E-state index in [1.807, 2.05) is 42.1 Å². The monoisotopic (exact) mass is 361 g/mol. The van der Waals surface area contributed by atoms with Crippen LogP contribution in [0.2, 0.25) is 0 Å². The van der Waals surface area contributed by atoms with E-state index in [1.54, 1.807) is 17.8 Å². The van der Waals surface area contributed by atoms with E-state index in [4.69, 9.17) is 4.74 Å². The van der Waals surface area contributed by atoms with Crippen molar-refractivity contribution < 1.29 is 9.84 Å². The lowest BCUT2D eigenvalue weighted by Crippen LogP contribution is -2.39. The van der Waals surface area contributed by atoms with E-state index in [2.05, 4.69) is 24.4 Å². The van der Waals surface area contributed by atoms with Crippen LogP contribution in [0.25, 0.3) is 0 Å². The molecule has 3 rings (SSSR count). The largest absolute Gasteiger partial charge is 0.507 e. The molecule has 2 atom stereocenters. The zero-order valence-electron chi connectivity index (χ0n) is 13.8. The summed E-state index contributed by atoms with van der Waals surface area (Å²) in [5.41, 5.74) is 0. The first kappa shape index (κ1) is 17.5. The minimum Gasteiger partial charge on any atom is -0.507 e. The van der Waals surface area contributed by atoms with Crippen LogP contribution < -0.4 is 10.1 Å². The fraction of sp³-hybridized carbons (Fsp3) is 0.368. The molecule has 0 saturated carbocycles. The molecule has 1 aliphatic heterocycles. The number of aromatic hydroxyl groups is 1. The van der Waals surface area contributed by atoms with Gasteiger partial charge in [-0.15, -0.1) is 23.5 Å². The second kappa shape index (κ2) is 8.70. The first-order valence-electron chi connectivity index (χ1n) is 8.21. The summed E-state index contributed by atoms with van der Waals surface area (Å²) in [5, 5.41) is 13.4. The Hall–Kier alpha value is -1.30. The van der Waals surface area contributed by atoms with E-state index in [1.165, 1.54) is 4.90 Å². The topological polar surface area (TPSA) is 41.5 Å². The van der Waals surface area contributed by atoms with E-state index in [0.29, 0.717) is 24.3 Å². The minimum absolute atomic E-state index is 0.361. The Morgan fingerprint density at radius 2 is 2.04 bits per heavy atom. The normalized spacial score (nSPS) is 18.3. The van der Waals surface area contributed by atoms with Crippen LogP contribution in [-0.2, 0) is 0 Å². The summed E-state index contributed by atoms with van der Waals surface area (Å²) < 4.78 is 5.92. The van der Waals surface area contributed by atoms with Crippen LogP contribution in [0.3, 0.4) is 0 Å². The van der Waals surface area contributed by atoms with Crippen LogP contribution in [-0.4, -0.2) is 35.8 Å². The van der Waals surface area contributed by atoms with Gasteiger partial charge in [-0.2, -0.15) is 0 Å². The third kappa shape index (κ3) is 4.85. The van der Waals surface area contributed by atoms with Crippen LogP contribution in [0.1, 0.15) is 6.92 Å². The Kier molecular flexibility index (Phi) is 6.35. The van der Waals surface area contributed by atoms with Crippen molar-refractivity contribution in [2.75, 3.05) is 24.7 Å². The lowest BCUT2D eigenvalue weighted by molar-refractivity contribution is 0.270. The Morgan fingerprint density at radius 3 is 2.92 bits per heavy atom. The first-order valence-corrected chi connectivity index (χ1v) is 10.2. The molecule has 2 N–H and O–H groups in total. The molecule has 3 nitrogen and oxygen atoms in total. The molecule has 1 aliphatic rings. The van der Waals surface area contributed by atoms with Gasteiger partial charge in [0.05, 0.1) is 6.04 Å². The molecule has 0 radical (unpaired) electrons. The molecule has 1 unspecified atom stereocenters. The molecule has 0 bridgehead atoms. The smallest absolute Gasteiger partial charge is 0.132 e. The summed E-state index contributed by atoms with van der Waals surface area (Å²) >= 11 is 3.56. The number of ether oxygens (including phenoxy) is 1. The maximum absolute atomic E-state index is 9.82. The van der Waals surface area contributed by atoms with Gasteiger partial charge in [-0.25, -0.2) is 0 Å². The van der Waals surface area contributed by atoms with Crippen molar-refractivity contribution in [3.05, 3.63) is 48.5 Å². The van der Waals surface area contributed by atoms with Crippen molar-refractivity contribution in [2.24, 2.45) is 5.92 Å². The van der Waals surface area contributed by atoms with Crippen LogP contribution >= 0.6 is 23.5 Å². The van der Waals surface area contributed by atoms with Crippen molar-refractivity contribution in [1.29, 1.82) is 0 Å². The van der Waals surface area contributed by atoms with E-state index in [-0.39, 0.29) is 0 Å². The van der Waals surface area contributed by atoms with Crippen molar-refractivity contribution in [3.8, 4) is 11.5 Å². The van der Waals surface area contributed by atoms with Crippen molar-refractivity contribution in [3.63, 3.8) is 0 Å². The number of hydrogen-bond acceptors (Lipinski definition) is 5. The number of benzene rings is 2. The average molecular weight is 362 g/mol. The molecular formula is C19H23NO2S2. The standard InChI is InChI=1S/C19H23NO2S2/c1-14(12-23-18-8-4-2-6-16(18)21)10-20-15-11-22-17-7-3-5-9-19(17)24-13-15/h2-9,14-15,20-21H,10-13H2,1H3/t14-,15?/m0/s1. The van der Waals surface area contributed by atoms with Gasteiger partial charge in [-0.1, -0.05) is 31.2 Å². The third-order valence-corrected chi connectivity index (χ3v) is 6.48. The van der Waals surface area contributed by atoms with E-state index < -0.39 is 0 Å². The summed E-state index contributed by atoms with van der Waals surface area (Å²) in [6.45, 7) is 3.90. The predicted octanol–water partition coefficient (Wildman–Crippen LogP) is 4.26. The Bertz CT molecular complexity index is 638. The van der Waals surface area contributed by atoms with E-state index in [0.717, 1.165) is 28.7 Å². The van der Waals surface area contributed by atoms with Gasteiger partial charge in [0.1, 0.15) is 18.1 Å². The van der Waals surface area contributed by atoms with Crippen LogP contribution in [0.4, 0.5) is 0 Å². The highest BCUT2D eigenvalue weighted by Gasteiger charge is 2.17. The molecule has 5 heteroatoms. The zero-order chi connectivity index (χ0) is 16.8. The SMILES string of the molecule is C[C@@H](CNC1COc2ccccc2SC1)CSc1ccccc1O. The molecule has 2 aromatic rings. The number of phenolic OH excluding ortho intramolecular Hbond substituents is 1. The van der Waals surface area contributed by atoms with Crippen molar-refractivity contribution >= 4 is 23.5 Å². The molecular weight excluding hydrogens is 338 g/mol. The van der Waals surface area contributed by atoms with Gasteiger partial charge in [0.15, 0.2) is 0 Å². The number of rotatable bonds is 6. The average Bonchev–Trinajstić information content (AvgIpc) is 2.82. The molecule has 0 amide bonds. The zero-order valence-corrected chi connectivity index (χ0v) is 15.4. The van der Waals surface area contributed by atoms with E-state index in [9.17, 15) is 5.11 Å². The Balaban J connectivity index is 1.42. The maximum Gasteiger partial charge on any atom is 0.132 e. The fourth-order valence-corrected chi connectivity index (χ4v) is 4.48. The first-order chi connectivity index (χ1) is 11.7. The molecule has 0 aliphatic carbocycles. The molecule has 2 aromatic carbocycles. The highest BCUT2D eigenvalue weighted by molar-refractivity contribution is 7.99. The maximum atomic E-state index is 9.82. The van der Waals surface area contributed by atoms with Gasteiger partial charge in [-0.05, 0) is 36.7 Å². The van der Waals surface area contributed by atoms with Gasteiger partial charge in [0.25, 0.3) is 0 Å². The number of nitrogens with one attached hydrogen (secondary N) is 1. The van der Waals surface area contributed by atoms with Crippen molar-refractivity contribution in [1.82, 2.24) is 5.32 Å². The van der Waals surface area contributed by atoms with Crippen LogP contribution in [0.15, 0.2) is 58.3 Å². The summed E-state index contributed by atoms with van der Waals surface area (Å²) in [6.07, 6.45) is 0. The Morgan fingerprint density at radius 1 is 1.25 bits per heavy atom. The lowest BCUT2D eigenvalue weighted by atomic mass is 10.2. The molecule has 24 heavy (non-hydrogen) atoms. The van der Waals surface area contributed by atoms with Gasteiger partial charge in [0.2, 0.25) is 0 Å². The summed E-state index contributed by atoms with van der Waals surface area (Å²) in [7, 11) is 0. The Labute approximate surface area is 152 Å². The molecule has 0 aromatic heterocycles. The van der Waals surface area contributed by atoms with Crippen LogP contribution in [0, 0.1) is 5.92 Å². The van der Waals surface area contributed by atoms with Crippen molar-refractivity contribution in [2.45, 2.75) is 22.8 Å². The summed E-state index contributed by atoms with van der Waals surface area (Å²) in [6, 6.07) is 16.1. The highest BCUT2D eigenvalue weighted by atomic mass is 32.2. The van der Waals surface area contributed by atoms with E-state index >= 15 is 0 Å². The van der Waals surface area contributed by atoms with Crippen LogP contribution in [0.5, 0.6) is 11.5 Å². The molecule has 128 valence electrons. The molecule has 0 spiro atoms. The predicted molar refractivity (Wildman–Crippen MR) is 102 cm³/mol. The fourth-order valence-electron chi connectivity index (χ4n) is 2.47. The number of hydrogen-bond donors (Lipinski definition) is 2. The summed E-state index contributed by atoms with van der Waals surface area (Å²) in [5.74, 6) is 3.89. The van der Waals surface area contributed by atoms with Gasteiger partial charge in [-0.3, -0.25) is 0 Å². The van der Waals surface area contributed by atoms with Gasteiger partial charge >= 0.3 is 0 Å². The quantitative estimate of drug-likeness (QED) is 0.752. The van der Waals surface area contributed by atoms with Gasteiger partial charge in [0, 0.05) is 21.3 Å². The lowest BCUT2D eigenvalue weighted by Gasteiger charge is -2.19. The second-order valence-corrected chi connectivity index (χ2v) is 8.18. The molecule has 0 saturated heterocycles.